The molecule has 2 N–H and O–H groups in total. The monoisotopic (exact) mass is 279 g/mol. The fourth-order valence-corrected chi connectivity index (χ4v) is 1.94. The molecule has 1 amide bonds. The van der Waals surface area contributed by atoms with Crippen molar-refractivity contribution in [2.45, 2.75) is 27.2 Å². The Hall–Kier alpha value is -1.88. The largest absolute Gasteiger partial charge is 0.481 e. The maximum absolute atomic E-state index is 12.2. The first-order valence-electron chi connectivity index (χ1n) is 6.62. The van der Waals surface area contributed by atoms with E-state index in [9.17, 15) is 9.59 Å². The first kappa shape index (κ1) is 16.2. The Kier molecular flexibility index (Phi) is 6.18. The van der Waals surface area contributed by atoms with Gasteiger partial charge in [0.1, 0.15) is 0 Å². The molecule has 0 saturated carbocycles. The van der Waals surface area contributed by atoms with Crippen molar-refractivity contribution in [1.82, 2.24) is 0 Å². The van der Waals surface area contributed by atoms with Gasteiger partial charge < -0.3 is 15.2 Å². The molecule has 0 aliphatic heterocycles. The van der Waals surface area contributed by atoms with Crippen LogP contribution in [0, 0.1) is 19.8 Å². The van der Waals surface area contributed by atoms with Crippen LogP contribution in [0.15, 0.2) is 18.2 Å². The normalized spacial score (nSPS) is 11.9. The Morgan fingerprint density at radius 1 is 1.30 bits per heavy atom. The Balaban J connectivity index is 2.81. The first-order valence-corrected chi connectivity index (χ1v) is 6.62. The van der Waals surface area contributed by atoms with Crippen molar-refractivity contribution in [1.29, 1.82) is 0 Å². The van der Waals surface area contributed by atoms with Gasteiger partial charge in [-0.3, -0.25) is 9.59 Å². The number of para-hydroxylation sites is 1. The molecular formula is C15H21NO4. The molecule has 0 fully saturated rings. The van der Waals surface area contributed by atoms with Crippen molar-refractivity contribution in [3.05, 3.63) is 29.3 Å². The fourth-order valence-electron chi connectivity index (χ4n) is 1.94. The number of amides is 1. The molecule has 1 atom stereocenters. The summed E-state index contributed by atoms with van der Waals surface area (Å²) >= 11 is 0. The number of rotatable bonds is 7. The summed E-state index contributed by atoms with van der Waals surface area (Å²) in [6.07, 6.45) is -0.239. The zero-order valence-electron chi connectivity index (χ0n) is 12.1. The number of ether oxygens (including phenoxy) is 1. The number of aliphatic carboxylic acids is 1. The van der Waals surface area contributed by atoms with E-state index in [0.717, 1.165) is 16.8 Å². The second-order valence-electron chi connectivity index (χ2n) is 4.71. The fraction of sp³-hybridized carbons (Fsp3) is 0.467. The standard InChI is InChI=1S/C15H21NO4/c1-4-20-9-12(8-13(17)18)15(19)16-14-10(2)6-5-7-11(14)3/h5-7,12H,4,8-9H2,1-3H3,(H,16,19)(H,17,18). The number of nitrogens with one attached hydrogen (secondary N) is 1. The summed E-state index contributed by atoms with van der Waals surface area (Å²) < 4.78 is 5.19. The molecule has 0 aliphatic rings. The minimum Gasteiger partial charge on any atom is -0.481 e. The molecule has 20 heavy (non-hydrogen) atoms. The zero-order chi connectivity index (χ0) is 15.1. The lowest BCUT2D eigenvalue weighted by Crippen LogP contribution is -2.29. The van der Waals surface area contributed by atoms with Crippen molar-refractivity contribution >= 4 is 17.6 Å². The van der Waals surface area contributed by atoms with Crippen LogP contribution in [0.5, 0.6) is 0 Å². The maximum atomic E-state index is 12.2. The molecule has 0 aliphatic carbocycles. The highest BCUT2D eigenvalue weighted by atomic mass is 16.5. The van der Waals surface area contributed by atoms with Crippen molar-refractivity contribution in [2.24, 2.45) is 5.92 Å². The van der Waals surface area contributed by atoms with Crippen LogP contribution < -0.4 is 5.32 Å². The van der Waals surface area contributed by atoms with Crippen molar-refractivity contribution in [3.63, 3.8) is 0 Å². The molecule has 1 rings (SSSR count). The second-order valence-corrected chi connectivity index (χ2v) is 4.71. The molecule has 1 aromatic rings. The van der Waals surface area contributed by atoms with Crippen LogP contribution in [0.3, 0.4) is 0 Å². The van der Waals surface area contributed by atoms with Crippen LogP contribution in [0.1, 0.15) is 24.5 Å². The first-order chi connectivity index (χ1) is 9.45. The highest BCUT2D eigenvalue weighted by molar-refractivity contribution is 5.95. The third-order valence-corrected chi connectivity index (χ3v) is 3.04. The summed E-state index contributed by atoms with van der Waals surface area (Å²) in [5.74, 6) is -2.02. The number of benzene rings is 1. The van der Waals surface area contributed by atoms with Crippen LogP contribution in [-0.4, -0.2) is 30.2 Å². The molecule has 5 heteroatoms. The molecule has 5 nitrogen and oxygen atoms in total. The Morgan fingerprint density at radius 2 is 1.90 bits per heavy atom. The summed E-state index contributed by atoms with van der Waals surface area (Å²) in [6, 6.07) is 5.71. The van der Waals surface area contributed by atoms with Crippen LogP contribution in [0.4, 0.5) is 5.69 Å². The molecule has 0 bridgehead atoms. The number of carbonyl (C=O) groups is 2. The molecule has 0 saturated heterocycles. The van der Waals surface area contributed by atoms with Crippen LogP contribution in [0.25, 0.3) is 0 Å². The number of carbonyl (C=O) groups excluding carboxylic acids is 1. The van der Waals surface area contributed by atoms with Gasteiger partial charge in [0.25, 0.3) is 0 Å². The average molecular weight is 279 g/mol. The summed E-state index contributed by atoms with van der Waals surface area (Å²) in [5.41, 5.74) is 2.64. The number of carboxylic acid groups (broad SMARTS) is 1. The van der Waals surface area contributed by atoms with Gasteiger partial charge >= 0.3 is 5.97 Å². The van der Waals surface area contributed by atoms with E-state index < -0.39 is 11.9 Å². The lowest BCUT2D eigenvalue weighted by Gasteiger charge is -2.17. The molecule has 110 valence electrons. The predicted octanol–water partition coefficient (Wildman–Crippen LogP) is 2.37. The highest BCUT2D eigenvalue weighted by Crippen LogP contribution is 2.20. The number of aryl methyl sites for hydroxylation is 2. The van der Waals surface area contributed by atoms with Crippen molar-refractivity contribution < 1.29 is 19.4 Å². The van der Waals surface area contributed by atoms with Gasteiger partial charge in [0.05, 0.1) is 18.9 Å². The van der Waals surface area contributed by atoms with Crippen molar-refractivity contribution in [3.8, 4) is 0 Å². The molecule has 0 aromatic heterocycles. The molecule has 0 heterocycles. The molecule has 1 unspecified atom stereocenters. The maximum Gasteiger partial charge on any atom is 0.304 e. The van der Waals surface area contributed by atoms with Crippen LogP contribution in [0.2, 0.25) is 0 Å². The van der Waals surface area contributed by atoms with Gasteiger partial charge in [-0.25, -0.2) is 0 Å². The third-order valence-electron chi connectivity index (χ3n) is 3.04. The van der Waals surface area contributed by atoms with Gasteiger partial charge in [-0.2, -0.15) is 0 Å². The van der Waals surface area contributed by atoms with E-state index >= 15 is 0 Å². The summed E-state index contributed by atoms with van der Waals surface area (Å²) in [6.45, 7) is 6.17. The SMILES string of the molecule is CCOCC(CC(=O)O)C(=O)Nc1c(C)cccc1C. The molecule has 0 spiro atoms. The summed E-state index contributed by atoms with van der Waals surface area (Å²) in [5, 5.41) is 11.7. The third kappa shape index (κ3) is 4.66. The van der Waals surface area contributed by atoms with E-state index in [0.29, 0.717) is 6.61 Å². The van der Waals surface area contributed by atoms with Crippen molar-refractivity contribution in [2.75, 3.05) is 18.5 Å². The van der Waals surface area contributed by atoms with Crippen LogP contribution >= 0.6 is 0 Å². The molecule has 1 aromatic carbocycles. The zero-order valence-corrected chi connectivity index (χ0v) is 12.1. The lowest BCUT2D eigenvalue weighted by atomic mass is 10.0. The number of hydrogen-bond acceptors (Lipinski definition) is 3. The van der Waals surface area contributed by atoms with Gasteiger partial charge in [0.2, 0.25) is 5.91 Å². The topological polar surface area (TPSA) is 75.6 Å². The van der Waals surface area contributed by atoms with E-state index in [-0.39, 0.29) is 18.9 Å². The number of hydrogen-bond donors (Lipinski definition) is 2. The predicted molar refractivity (Wildman–Crippen MR) is 76.8 cm³/mol. The van der Waals surface area contributed by atoms with E-state index in [1.165, 1.54) is 0 Å². The number of carboxylic acids is 1. The van der Waals surface area contributed by atoms with Gasteiger partial charge in [-0.1, -0.05) is 18.2 Å². The minimum absolute atomic E-state index is 0.111. The highest BCUT2D eigenvalue weighted by Gasteiger charge is 2.22. The Labute approximate surface area is 118 Å². The Morgan fingerprint density at radius 3 is 2.40 bits per heavy atom. The quantitative estimate of drug-likeness (QED) is 0.803. The van der Waals surface area contributed by atoms with Gasteiger partial charge in [0, 0.05) is 12.3 Å². The smallest absolute Gasteiger partial charge is 0.304 e. The molecule has 0 radical (unpaired) electrons. The number of anilines is 1. The second kappa shape index (κ2) is 7.65. The van der Waals surface area contributed by atoms with E-state index in [1.54, 1.807) is 6.92 Å². The van der Waals surface area contributed by atoms with E-state index in [2.05, 4.69) is 5.32 Å². The summed E-state index contributed by atoms with van der Waals surface area (Å²) in [4.78, 5) is 23.0. The van der Waals surface area contributed by atoms with Gasteiger partial charge in [-0.15, -0.1) is 0 Å². The van der Waals surface area contributed by atoms with Gasteiger partial charge in [0.15, 0.2) is 0 Å². The average Bonchev–Trinajstić information content (AvgIpc) is 2.38. The Bertz CT molecular complexity index is 465. The molecular weight excluding hydrogens is 258 g/mol. The minimum atomic E-state index is -1.01. The summed E-state index contributed by atoms with van der Waals surface area (Å²) in [7, 11) is 0. The van der Waals surface area contributed by atoms with E-state index in [4.69, 9.17) is 9.84 Å². The van der Waals surface area contributed by atoms with Crippen LogP contribution in [-0.2, 0) is 14.3 Å². The van der Waals surface area contributed by atoms with Gasteiger partial charge in [-0.05, 0) is 31.9 Å². The lowest BCUT2D eigenvalue weighted by molar-refractivity contribution is -0.141. The van der Waals surface area contributed by atoms with E-state index in [1.807, 2.05) is 32.0 Å².